The topological polar surface area (TPSA) is 206 Å². The number of nitro groups is 2. The van der Waals surface area contributed by atoms with Gasteiger partial charge in [0, 0.05) is 11.6 Å². The lowest BCUT2D eigenvalue weighted by Crippen LogP contribution is -2.14. The summed E-state index contributed by atoms with van der Waals surface area (Å²) in [4.78, 5) is 31.3. The van der Waals surface area contributed by atoms with Gasteiger partial charge in [0.25, 0.3) is 5.69 Å². The SMILES string of the molecule is Cc1cc([N+](=O)[O-])cc([N+](=O)[O-])c1O.Nc1ncnc2c1ncn2[C@H]1CC[C@@H](CO)O1. The van der Waals surface area contributed by atoms with Gasteiger partial charge >= 0.3 is 5.69 Å². The van der Waals surface area contributed by atoms with Gasteiger partial charge in [-0.15, -0.1) is 0 Å². The number of aryl methyl sites for hydroxylation is 1. The normalized spacial score (nSPS) is 17.9. The maximum atomic E-state index is 10.4. The maximum absolute atomic E-state index is 10.4. The second-order valence-electron chi connectivity index (χ2n) is 6.70. The number of aliphatic hydroxyl groups excluding tert-OH is 1. The lowest BCUT2D eigenvalue weighted by atomic mass is 10.1. The average molecular weight is 433 g/mol. The molecule has 3 heterocycles. The van der Waals surface area contributed by atoms with Crippen molar-refractivity contribution >= 4 is 28.4 Å². The molecule has 0 spiro atoms. The number of phenolic OH excluding ortho intramolecular Hbond substituents is 1. The minimum absolute atomic E-state index is 0.0419. The summed E-state index contributed by atoms with van der Waals surface area (Å²) >= 11 is 0. The van der Waals surface area contributed by atoms with Gasteiger partial charge in [0.15, 0.2) is 17.2 Å². The van der Waals surface area contributed by atoms with E-state index in [1.807, 2.05) is 4.57 Å². The highest BCUT2D eigenvalue weighted by molar-refractivity contribution is 5.81. The van der Waals surface area contributed by atoms with E-state index in [1.54, 1.807) is 6.33 Å². The first kappa shape index (κ1) is 21.8. The van der Waals surface area contributed by atoms with E-state index in [1.165, 1.54) is 13.3 Å². The van der Waals surface area contributed by atoms with Crippen molar-refractivity contribution in [2.45, 2.75) is 32.1 Å². The quantitative estimate of drug-likeness (QED) is 0.397. The molecule has 3 aromatic rings. The number of hydrogen-bond donors (Lipinski definition) is 3. The number of nitro benzene ring substituents is 2. The van der Waals surface area contributed by atoms with Crippen LogP contribution in [0.2, 0.25) is 0 Å². The van der Waals surface area contributed by atoms with Crippen molar-refractivity contribution in [2.75, 3.05) is 12.3 Å². The Morgan fingerprint density at radius 1 is 1.23 bits per heavy atom. The van der Waals surface area contributed by atoms with E-state index in [0.717, 1.165) is 25.0 Å². The first-order chi connectivity index (χ1) is 14.7. The Labute approximate surface area is 174 Å². The third-order valence-corrected chi connectivity index (χ3v) is 4.66. The number of ether oxygens (including phenoxy) is 1. The molecule has 0 saturated carbocycles. The number of phenols is 1. The number of nitrogen functional groups attached to an aromatic ring is 1. The number of fused-ring (bicyclic) bond motifs is 1. The third-order valence-electron chi connectivity index (χ3n) is 4.66. The Morgan fingerprint density at radius 2 is 1.97 bits per heavy atom. The molecule has 1 saturated heterocycles. The number of non-ortho nitro benzene ring substituents is 1. The minimum Gasteiger partial charge on any atom is -0.502 e. The van der Waals surface area contributed by atoms with Gasteiger partial charge in [0.1, 0.15) is 18.1 Å². The van der Waals surface area contributed by atoms with E-state index in [2.05, 4.69) is 15.0 Å². The van der Waals surface area contributed by atoms with Crippen molar-refractivity contribution in [3.63, 3.8) is 0 Å². The summed E-state index contributed by atoms with van der Waals surface area (Å²) in [6.07, 6.45) is 4.50. The summed E-state index contributed by atoms with van der Waals surface area (Å²) in [6.45, 7) is 1.40. The molecule has 0 unspecified atom stereocenters. The molecule has 4 N–H and O–H groups in total. The highest BCUT2D eigenvalue weighted by Crippen LogP contribution is 2.33. The van der Waals surface area contributed by atoms with Crippen LogP contribution in [0, 0.1) is 27.2 Å². The standard InChI is InChI=1S/C10H13N5O2.C7H6N2O5/c11-9-8-10(13-4-12-9)15(5-14-8)7-2-1-6(3-16)17-7;1-4-2-5(8(11)12)3-6(7(4)10)9(13)14/h4-7,16H,1-3H2,(H2,11,12,13);2-3,10H,1H3/t6-,7+;/m0./s1. The lowest BCUT2D eigenvalue weighted by molar-refractivity contribution is -0.394. The molecule has 4 rings (SSSR count). The van der Waals surface area contributed by atoms with Gasteiger partial charge in [0.2, 0.25) is 0 Å². The van der Waals surface area contributed by atoms with E-state index < -0.39 is 27.0 Å². The van der Waals surface area contributed by atoms with Crippen LogP contribution in [0.4, 0.5) is 17.2 Å². The number of aromatic nitrogens is 4. The number of nitrogens with two attached hydrogens (primary N) is 1. The van der Waals surface area contributed by atoms with Crippen LogP contribution in [0.1, 0.15) is 24.6 Å². The largest absolute Gasteiger partial charge is 0.502 e. The van der Waals surface area contributed by atoms with E-state index in [4.69, 9.17) is 15.6 Å². The Balaban J connectivity index is 0.000000180. The number of nitrogens with zero attached hydrogens (tertiary/aromatic N) is 6. The number of aromatic hydroxyl groups is 1. The predicted octanol–water partition coefficient (Wildman–Crippen LogP) is 1.60. The maximum Gasteiger partial charge on any atom is 0.317 e. The highest BCUT2D eigenvalue weighted by Gasteiger charge is 2.27. The first-order valence-corrected chi connectivity index (χ1v) is 9.04. The fourth-order valence-electron chi connectivity index (χ4n) is 3.09. The summed E-state index contributed by atoms with van der Waals surface area (Å²) in [7, 11) is 0. The minimum atomic E-state index is -0.866. The van der Waals surface area contributed by atoms with Crippen LogP contribution in [0.3, 0.4) is 0 Å². The van der Waals surface area contributed by atoms with Crippen LogP contribution < -0.4 is 5.73 Å². The molecule has 1 aliphatic heterocycles. The number of aliphatic hydroxyl groups is 1. The molecule has 2 aromatic heterocycles. The van der Waals surface area contributed by atoms with Crippen LogP contribution in [-0.4, -0.2) is 52.3 Å². The molecule has 1 aromatic carbocycles. The fourth-order valence-corrected chi connectivity index (χ4v) is 3.09. The monoisotopic (exact) mass is 433 g/mol. The smallest absolute Gasteiger partial charge is 0.317 e. The van der Waals surface area contributed by atoms with Gasteiger partial charge in [-0.3, -0.25) is 24.8 Å². The van der Waals surface area contributed by atoms with E-state index in [-0.39, 0.29) is 24.5 Å². The zero-order chi connectivity index (χ0) is 22.7. The molecule has 1 fully saturated rings. The van der Waals surface area contributed by atoms with Gasteiger partial charge in [0.05, 0.1) is 35.0 Å². The van der Waals surface area contributed by atoms with Crippen molar-refractivity contribution in [3.8, 4) is 5.75 Å². The number of imidazole rings is 1. The zero-order valence-corrected chi connectivity index (χ0v) is 16.3. The summed E-state index contributed by atoms with van der Waals surface area (Å²) in [6, 6.07) is 1.80. The average Bonchev–Trinajstić information content (AvgIpc) is 3.37. The molecular weight excluding hydrogens is 414 g/mol. The molecule has 14 heteroatoms. The summed E-state index contributed by atoms with van der Waals surface area (Å²) in [5, 5.41) is 39.0. The molecular formula is C17H19N7O7. The third kappa shape index (κ3) is 4.49. The first-order valence-electron chi connectivity index (χ1n) is 9.04. The summed E-state index contributed by atoms with van der Waals surface area (Å²) < 4.78 is 7.51. The zero-order valence-electron chi connectivity index (χ0n) is 16.3. The highest BCUT2D eigenvalue weighted by atomic mass is 16.6. The number of hydrogen-bond acceptors (Lipinski definition) is 11. The number of anilines is 1. The number of benzene rings is 1. The van der Waals surface area contributed by atoms with Gasteiger partial charge < -0.3 is 20.7 Å². The Kier molecular flexibility index (Phi) is 6.22. The second kappa shape index (κ2) is 8.85. The van der Waals surface area contributed by atoms with E-state index >= 15 is 0 Å². The Morgan fingerprint density at radius 3 is 2.58 bits per heavy atom. The van der Waals surface area contributed by atoms with Crippen LogP contribution in [0.25, 0.3) is 11.2 Å². The van der Waals surface area contributed by atoms with E-state index in [0.29, 0.717) is 17.0 Å². The van der Waals surface area contributed by atoms with Crippen molar-refractivity contribution in [1.29, 1.82) is 0 Å². The molecule has 14 nitrogen and oxygen atoms in total. The van der Waals surface area contributed by atoms with Crippen LogP contribution >= 0.6 is 0 Å². The van der Waals surface area contributed by atoms with Crippen LogP contribution in [0.5, 0.6) is 5.75 Å². The Bertz CT molecular complexity index is 1130. The molecule has 1 aliphatic rings. The van der Waals surface area contributed by atoms with Crippen LogP contribution in [-0.2, 0) is 4.74 Å². The van der Waals surface area contributed by atoms with Crippen molar-refractivity contribution in [1.82, 2.24) is 19.5 Å². The molecule has 2 atom stereocenters. The molecule has 31 heavy (non-hydrogen) atoms. The Hall–Kier alpha value is -3.91. The molecule has 0 aliphatic carbocycles. The van der Waals surface area contributed by atoms with Crippen LogP contribution in [0.15, 0.2) is 24.8 Å². The van der Waals surface area contributed by atoms with Crippen molar-refractivity contribution in [3.05, 3.63) is 50.6 Å². The molecule has 0 amide bonds. The molecule has 0 radical (unpaired) electrons. The van der Waals surface area contributed by atoms with E-state index in [9.17, 15) is 25.3 Å². The van der Waals surface area contributed by atoms with Gasteiger partial charge in [-0.05, 0) is 19.8 Å². The molecule has 0 bridgehead atoms. The van der Waals surface area contributed by atoms with Gasteiger partial charge in [-0.1, -0.05) is 0 Å². The number of rotatable bonds is 4. The summed E-state index contributed by atoms with van der Waals surface area (Å²) in [5.74, 6) is -0.175. The summed E-state index contributed by atoms with van der Waals surface area (Å²) in [5.41, 5.74) is 6.00. The van der Waals surface area contributed by atoms with Crippen molar-refractivity contribution < 1.29 is 24.8 Å². The van der Waals surface area contributed by atoms with Gasteiger partial charge in [-0.25, -0.2) is 15.0 Å². The lowest BCUT2D eigenvalue weighted by Gasteiger charge is -2.13. The molecule has 164 valence electrons. The van der Waals surface area contributed by atoms with Gasteiger partial charge in [-0.2, -0.15) is 0 Å². The van der Waals surface area contributed by atoms with Crippen molar-refractivity contribution in [2.24, 2.45) is 0 Å². The predicted molar refractivity (Wildman–Crippen MR) is 106 cm³/mol. The fraction of sp³-hybridized carbons (Fsp3) is 0.353. The second-order valence-corrected chi connectivity index (χ2v) is 6.70.